The van der Waals surface area contributed by atoms with E-state index in [4.69, 9.17) is 16.3 Å². The Morgan fingerprint density at radius 2 is 2.04 bits per heavy atom. The normalized spacial score (nSPS) is 10.9. The molecule has 0 aliphatic carbocycles. The first kappa shape index (κ1) is 20.7. The van der Waals surface area contributed by atoms with E-state index in [2.05, 4.69) is 5.32 Å². The fraction of sp³-hybridized carbons (Fsp3) is 0.316. The molecule has 0 atom stereocenters. The molecule has 0 aromatic heterocycles. The van der Waals surface area contributed by atoms with Gasteiger partial charge in [0.2, 0.25) is 5.91 Å². The minimum Gasteiger partial charge on any atom is -0.496 e. The third kappa shape index (κ3) is 5.94. The van der Waals surface area contributed by atoms with Crippen LogP contribution in [0.15, 0.2) is 42.5 Å². The van der Waals surface area contributed by atoms with Gasteiger partial charge in [-0.05, 0) is 43.7 Å². The number of anilines is 1. The molecule has 8 heteroatoms. The summed E-state index contributed by atoms with van der Waals surface area (Å²) in [5, 5.41) is 14.5. The van der Waals surface area contributed by atoms with Crippen molar-refractivity contribution in [2.45, 2.75) is 26.4 Å². The summed E-state index contributed by atoms with van der Waals surface area (Å²) in [7, 11) is 1.42. The van der Waals surface area contributed by atoms with Crippen LogP contribution >= 0.6 is 11.6 Å². The maximum atomic E-state index is 12.5. The summed E-state index contributed by atoms with van der Waals surface area (Å²) >= 11 is 6.02. The van der Waals surface area contributed by atoms with Crippen LogP contribution < -0.4 is 10.1 Å². The predicted octanol–water partition coefficient (Wildman–Crippen LogP) is 4.11. The average Bonchev–Trinajstić information content (AvgIpc) is 2.61. The Kier molecular flexibility index (Phi) is 7.15. The van der Waals surface area contributed by atoms with E-state index in [1.807, 2.05) is 36.9 Å². The Labute approximate surface area is 163 Å². The highest BCUT2D eigenvalue weighted by molar-refractivity contribution is 6.30. The van der Waals surface area contributed by atoms with Gasteiger partial charge in [-0.25, -0.2) is 0 Å². The largest absolute Gasteiger partial charge is 0.496 e. The van der Waals surface area contributed by atoms with Crippen molar-refractivity contribution in [3.05, 3.63) is 63.2 Å². The third-order valence-electron chi connectivity index (χ3n) is 4.03. The molecule has 27 heavy (non-hydrogen) atoms. The molecule has 2 rings (SSSR count). The van der Waals surface area contributed by atoms with Crippen LogP contribution in [0.1, 0.15) is 19.4 Å². The van der Waals surface area contributed by atoms with E-state index in [-0.39, 0.29) is 29.9 Å². The standard InChI is InChI=1S/C19H22ClN3O4/c1-13(2)22(11-14-5-4-6-15(20)9-14)12-19(24)21-17-8-7-16(27-3)10-18(17)23(25)26/h4-10,13H,11-12H2,1-3H3,(H,21,24). The van der Waals surface area contributed by atoms with Gasteiger partial charge >= 0.3 is 0 Å². The number of nitrogens with one attached hydrogen (secondary N) is 1. The highest BCUT2D eigenvalue weighted by Crippen LogP contribution is 2.29. The molecule has 1 N–H and O–H groups in total. The number of benzene rings is 2. The van der Waals surface area contributed by atoms with Crippen molar-refractivity contribution in [2.24, 2.45) is 0 Å². The lowest BCUT2D eigenvalue weighted by Crippen LogP contribution is -2.37. The number of nitro groups is 1. The molecule has 1 amide bonds. The van der Waals surface area contributed by atoms with Gasteiger partial charge in [0.05, 0.1) is 24.6 Å². The van der Waals surface area contributed by atoms with E-state index < -0.39 is 4.92 Å². The van der Waals surface area contributed by atoms with Crippen molar-refractivity contribution in [1.82, 2.24) is 4.90 Å². The van der Waals surface area contributed by atoms with Crippen LogP contribution in [0.3, 0.4) is 0 Å². The number of carbonyl (C=O) groups excluding carboxylic acids is 1. The first-order valence-electron chi connectivity index (χ1n) is 8.41. The number of ether oxygens (including phenoxy) is 1. The summed E-state index contributed by atoms with van der Waals surface area (Å²) in [5.41, 5.74) is 0.908. The van der Waals surface area contributed by atoms with Gasteiger partial charge < -0.3 is 10.1 Å². The van der Waals surface area contributed by atoms with Gasteiger partial charge in [-0.1, -0.05) is 23.7 Å². The van der Waals surface area contributed by atoms with Gasteiger partial charge in [-0.2, -0.15) is 0 Å². The van der Waals surface area contributed by atoms with E-state index in [0.29, 0.717) is 17.3 Å². The van der Waals surface area contributed by atoms with Crippen LogP contribution in [-0.4, -0.2) is 35.4 Å². The minimum absolute atomic E-state index is 0.0906. The Morgan fingerprint density at radius 3 is 2.63 bits per heavy atom. The van der Waals surface area contributed by atoms with Crippen molar-refractivity contribution in [1.29, 1.82) is 0 Å². The second kappa shape index (κ2) is 9.34. The van der Waals surface area contributed by atoms with Crippen LogP contribution in [0, 0.1) is 10.1 Å². The number of nitro benzene ring substituents is 1. The zero-order valence-electron chi connectivity index (χ0n) is 15.4. The monoisotopic (exact) mass is 391 g/mol. The third-order valence-corrected chi connectivity index (χ3v) is 4.26. The molecule has 7 nitrogen and oxygen atoms in total. The van der Waals surface area contributed by atoms with Crippen LogP contribution in [0.25, 0.3) is 0 Å². The number of halogens is 1. The first-order valence-corrected chi connectivity index (χ1v) is 8.78. The number of hydrogen-bond acceptors (Lipinski definition) is 5. The Morgan fingerprint density at radius 1 is 1.30 bits per heavy atom. The molecule has 0 spiro atoms. The number of carbonyl (C=O) groups is 1. The van der Waals surface area contributed by atoms with Crippen molar-refractivity contribution in [3.8, 4) is 5.75 Å². The molecule has 0 aliphatic heterocycles. The summed E-state index contributed by atoms with van der Waals surface area (Å²) in [6.07, 6.45) is 0. The van der Waals surface area contributed by atoms with Crippen LogP contribution in [-0.2, 0) is 11.3 Å². The van der Waals surface area contributed by atoms with Gasteiger partial charge in [-0.3, -0.25) is 19.8 Å². The number of hydrogen-bond donors (Lipinski definition) is 1. The van der Waals surface area contributed by atoms with Gasteiger partial charge in [0, 0.05) is 17.6 Å². The topological polar surface area (TPSA) is 84.7 Å². The van der Waals surface area contributed by atoms with E-state index in [1.165, 1.54) is 19.2 Å². The fourth-order valence-corrected chi connectivity index (χ4v) is 2.77. The first-order chi connectivity index (χ1) is 12.8. The molecule has 0 fully saturated rings. The number of amides is 1. The molecular formula is C19H22ClN3O4. The van der Waals surface area contributed by atoms with Crippen LogP contribution in [0.5, 0.6) is 5.75 Å². The molecule has 0 bridgehead atoms. The summed E-state index contributed by atoms with van der Waals surface area (Å²) < 4.78 is 5.00. The van der Waals surface area contributed by atoms with Crippen molar-refractivity contribution in [2.75, 3.05) is 19.0 Å². The van der Waals surface area contributed by atoms with E-state index in [9.17, 15) is 14.9 Å². The lowest BCUT2D eigenvalue weighted by Gasteiger charge is -2.26. The average molecular weight is 392 g/mol. The minimum atomic E-state index is -0.551. The Balaban J connectivity index is 2.11. The zero-order valence-corrected chi connectivity index (χ0v) is 16.2. The SMILES string of the molecule is COc1ccc(NC(=O)CN(Cc2cccc(Cl)c2)C(C)C)c([N+](=O)[O-])c1. The molecule has 0 radical (unpaired) electrons. The van der Waals surface area contributed by atoms with Crippen molar-refractivity contribution >= 4 is 28.9 Å². The van der Waals surface area contributed by atoms with Gasteiger partial charge in [0.25, 0.3) is 5.69 Å². The second-order valence-electron chi connectivity index (χ2n) is 6.32. The summed E-state index contributed by atoms with van der Waals surface area (Å²) in [4.78, 5) is 25.1. The lowest BCUT2D eigenvalue weighted by atomic mass is 10.2. The van der Waals surface area contributed by atoms with Crippen LogP contribution in [0.2, 0.25) is 5.02 Å². The Bertz CT molecular complexity index is 826. The summed E-state index contributed by atoms with van der Waals surface area (Å²) in [6.45, 7) is 4.59. The molecular weight excluding hydrogens is 370 g/mol. The lowest BCUT2D eigenvalue weighted by molar-refractivity contribution is -0.384. The van der Waals surface area contributed by atoms with Gasteiger partial charge in [0.15, 0.2) is 0 Å². The second-order valence-corrected chi connectivity index (χ2v) is 6.75. The predicted molar refractivity (Wildman–Crippen MR) is 105 cm³/mol. The quantitative estimate of drug-likeness (QED) is 0.540. The molecule has 0 saturated heterocycles. The maximum Gasteiger partial charge on any atom is 0.296 e. The summed E-state index contributed by atoms with van der Waals surface area (Å²) in [6, 6.07) is 11.8. The highest BCUT2D eigenvalue weighted by Gasteiger charge is 2.20. The van der Waals surface area contributed by atoms with Gasteiger partial charge in [-0.15, -0.1) is 0 Å². The number of methoxy groups -OCH3 is 1. The molecule has 2 aromatic rings. The Hall–Kier alpha value is -2.64. The van der Waals surface area contributed by atoms with E-state index in [1.54, 1.807) is 12.1 Å². The maximum absolute atomic E-state index is 12.5. The number of rotatable bonds is 8. The number of nitrogens with zero attached hydrogens (tertiary/aromatic N) is 2. The molecule has 144 valence electrons. The zero-order chi connectivity index (χ0) is 20.0. The van der Waals surface area contributed by atoms with Gasteiger partial charge in [0.1, 0.15) is 11.4 Å². The smallest absolute Gasteiger partial charge is 0.296 e. The summed E-state index contributed by atoms with van der Waals surface area (Å²) in [5.74, 6) is 0.0171. The highest BCUT2D eigenvalue weighted by atomic mass is 35.5. The fourth-order valence-electron chi connectivity index (χ4n) is 2.56. The molecule has 0 unspecified atom stereocenters. The molecule has 2 aromatic carbocycles. The molecule has 0 aliphatic rings. The van der Waals surface area contributed by atoms with Crippen LogP contribution in [0.4, 0.5) is 11.4 Å². The van der Waals surface area contributed by atoms with Crippen molar-refractivity contribution in [3.63, 3.8) is 0 Å². The van der Waals surface area contributed by atoms with Crippen molar-refractivity contribution < 1.29 is 14.5 Å². The molecule has 0 heterocycles. The molecule has 0 saturated carbocycles. The van der Waals surface area contributed by atoms with E-state index >= 15 is 0 Å². The van der Waals surface area contributed by atoms with E-state index in [0.717, 1.165) is 5.56 Å².